The van der Waals surface area contributed by atoms with Crippen LogP contribution in [0.2, 0.25) is 0 Å². The van der Waals surface area contributed by atoms with E-state index in [2.05, 4.69) is 35.4 Å². The number of nitrogen functional groups attached to an aromatic ring is 1. The number of aromatic nitrogens is 4. The Balaban J connectivity index is 1.95. The molecular weight excluding hydrogens is 250 g/mol. The number of rotatable bonds is 3. The summed E-state index contributed by atoms with van der Waals surface area (Å²) in [6.45, 7) is 5.24. The fraction of sp³-hybridized carbons (Fsp3) is 0.533. The Morgan fingerprint density at radius 3 is 2.80 bits per heavy atom. The van der Waals surface area contributed by atoms with Crippen LogP contribution in [-0.4, -0.2) is 20.2 Å². The highest BCUT2D eigenvalue weighted by atomic mass is 15.5. The number of benzene rings is 1. The zero-order valence-corrected chi connectivity index (χ0v) is 12.1. The molecule has 0 unspecified atom stereocenters. The molecule has 1 heterocycles. The van der Waals surface area contributed by atoms with Gasteiger partial charge in [0, 0.05) is 11.3 Å². The number of nitrogens with two attached hydrogens (primary N) is 1. The monoisotopic (exact) mass is 271 g/mol. The molecule has 3 rings (SSSR count). The number of hydrogen-bond donors (Lipinski definition) is 1. The zero-order chi connectivity index (χ0) is 14.2. The minimum Gasteiger partial charge on any atom is -0.398 e. The van der Waals surface area contributed by atoms with E-state index in [1.807, 2.05) is 16.8 Å². The molecule has 1 saturated carbocycles. The summed E-state index contributed by atoms with van der Waals surface area (Å²) in [4.78, 5) is 0. The first kappa shape index (κ1) is 13.1. The van der Waals surface area contributed by atoms with Crippen molar-refractivity contribution in [1.82, 2.24) is 20.2 Å². The standard InChI is InChI=1S/C15H21N5/c1-11-5-6-13(16)12(9-11)14-17-18-19-20(14)10-15(2)7-3-4-8-15/h5-6,9H,3-4,7-8,10,16H2,1-2H3. The van der Waals surface area contributed by atoms with Crippen molar-refractivity contribution in [2.45, 2.75) is 46.1 Å². The minimum absolute atomic E-state index is 0.308. The third kappa shape index (κ3) is 2.40. The van der Waals surface area contributed by atoms with Gasteiger partial charge in [0.15, 0.2) is 5.82 Å². The van der Waals surface area contributed by atoms with Gasteiger partial charge in [-0.15, -0.1) is 5.10 Å². The van der Waals surface area contributed by atoms with Crippen LogP contribution < -0.4 is 5.73 Å². The quantitative estimate of drug-likeness (QED) is 0.871. The molecule has 0 bridgehead atoms. The van der Waals surface area contributed by atoms with Crippen LogP contribution >= 0.6 is 0 Å². The molecule has 1 aliphatic rings. The van der Waals surface area contributed by atoms with Crippen LogP contribution in [0.25, 0.3) is 11.4 Å². The van der Waals surface area contributed by atoms with Crippen LogP contribution in [0.15, 0.2) is 18.2 Å². The summed E-state index contributed by atoms with van der Waals surface area (Å²) in [6, 6.07) is 5.97. The molecule has 0 amide bonds. The average Bonchev–Trinajstić information content (AvgIpc) is 3.02. The molecule has 1 aliphatic carbocycles. The van der Waals surface area contributed by atoms with Crippen molar-refractivity contribution < 1.29 is 0 Å². The Kier molecular flexibility index (Phi) is 3.20. The molecule has 0 radical (unpaired) electrons. The maximum absolute atomic E-state index is 6.08. The minimum atomic E-state index is 0.308. The second-order valence-corrected chi connectivity index (χ2v) is 6.27. The number of nitrogens with zero attached hydrogens (tertiary/aromatic N) is 4. The highest BCUT2D eigenvalue weighted by Crippen LogP contribution is 2.39. The van der Waals surface area contributed by atoms with Gasteiger partial charge < -0.3 is 5.73 Å². The second kappa shape index (κ2) is 4.89. The molecular formula is C15H21N5. The highest BCUT2D eigenvalue weighted by molar-refractivity contribution is 5.72. The lowest BCUT2D eigenvalue weighted by molar-refractivity contribution is 0.267. The SMILES string of the molecule is Cc1ccc(N)c(-c2nnnn2CC2(C)CCCC2)c1. The third-order valence-electron chi connectivity index (χ3n) is 4.32. The molecule has 5 nitrogen and oxygen atoms in total. The summed E-state index contributed by atoms with van der Waals surface area (Å²) in [6.07, 6.45) is 5.10. The Morgan fingerprint density at radius 2 is 2.05 bits per heavy atom. The predicted molar refractivity (Wildman–Crippen MR) is 79.0 cm³/mol. The van der Waals surface area contributed by atoms with Gasteiger partial charge in [0.1, 0.15) is 0 Å². The van der Waals surface area contributed by atoms with E-state index >= 15 is 0 Å². The normalized spacial score (nSPS) is 17.5. The first-order valence-corrected chi connectivity index (χ1v) is 7.20. The van der Waals surface area contributed by atoms with Gasteiger partial charge in [-0.25, -0.2) is 4.68 Å². The Morgan fingerprint density at radius 1 is 1.30 bits per heavy atom. The molecule has 0 saturated heterocycles. The van der Waals surface area contributed by atoms with Crippen LogP contribution in [0.5, 0.6) is 0 Å². The van der Waals surface area contributed by atoms with Gasteiger partial charge in [0.25, 0.3) is 0 Å². The molecule has 20 heavy (non-hydrogen) atoms. The molecule has 106 valence electrons. The molecule has 1 fully saturated rings. The largest absolute Gasteiger partial charge is 0.398 e. The summed E-state index contributed by atoms with van der Waals surface area (Å²) in [5, 5.41) is 12.2. The summed E-state index contributed by atoms with van der Waals surface area (Å²) < 4.78 is 1.91. The van der Waals surface area contributed by atoms with E-state index in [0.29, 0.717) is 5.41 Å². The number of anilines is 1. The number of tetrazole rings is 1. The first-order chi connectivity index (χ1) is 9.57. The van der Waals surface area contributed by atoms with Crippen molar-refractivity contribution >= 4 is 5.69 Å². The van der Waals surface area contributed by atoms with Crippen LogP contribution in [0.1, 0.15) is 38.2 Å². The fourth-order valence-corrected chi connectivity index (χ4v) is 3.12. The summed E-state index contributed by atoms with van der Waals surface area (Å²) in [7, 11) is 0. The predicted octanol–water partition coefficient (Wildman–Crippen LogP) is 2.81. The van der Waals surface area contributed by atoms with E-state index in [1.165, 1.54) is 25.7 Å². The van der Waals surface area contributed by atoms with E-state index in [1.54, 1.807) is 0 Å². The van der Waals surface area contributed by atoms with Gasteiger partial charge in [-0.2, -0.15) is 0 Å². The van der Waals surface area contributed by atoms with E-state index in [-0.39, 0.29) is 0 Å². The van der Waals surface area contributed by atoms with E-state index in [0.717, 1.165) is 29.2 Å². The maximum atomic E-state index is 6.08. The van der Waals surface area contributed by atoms with Crippen molar-refractivity contribution in [3.63, 3.8) is 0 Å². The smallest absolute Gasteiger partial charge is 0.184 e. The van der Waals surface area contributed by atoms with Gasteiger partial charge in [-0.1, -0.05) is 31.4 Å². The Bertz CT molecular complexity index is 610. The topological polar surface area (TPSA) is 69.6 Å². The van der Waals surface area contributed by atoms with E-state index in [4.69, 9.17) is 5.73 Å². The summed E-state index contributed by atoms with van der Waals surface area (Å²) in [5.74, 6) is 0.777. The zero-order valence-electron chi connectivity index (χ0n) is 12.1. The average molecular weight is 271 g/mol. The molecule has 0 aliphatic heterocycles. The summed E-state index contributed by atoms with van der Waals surface area (Å²) >= 11 is 0. The van der Waals surface area contributed by atoms with Crippen molar-refractivity contribution in [3.05, 3.63) is 23.8 Å². The summed E-state index contributed by atoms with van der Waals surface area (Å²) in [5.41, 5.74) is 9.21. The molecule has 1 aromatic carbocycles. The molecule has 2 N–H and O–H groups in total. The Labute approximate surface area is 119 Å². The number of hydrogen-bond acceptors (Lipinski definition) is 4. The van der Waals surface area contributed by atoms with E-state index < -0.39 is 0 Å². The lowest BCUT2D eigenvalue weighted by atomic mass is 9.89. The van der Waals surface area contributed by atoms with Crippen LogP contribution in [0.3, 0.4) is 0 Å². The Hall–Kier alpha value is -1.91. The van der Waals surface area contributed by atoms with Crippen LogP contribution in [0, 0.1) is 12.3 Å². The lowest BCUT2D eigenvalue weighted by Crippen LogP contribution is -2.21. The van der Waals surface area contributed by atoms with Gasteiger partial charge in [-0.3, -0.25) is 0 Å². The van der Waals surface area contributed by atoms with Gasteiger partial charge >= 0.3 is 0 Å². The molecule has 0 spiro atoms. The number of aryl methyl sites for hydroxylation is 1. The maximum Gasteiger partial charge on any atom is 0.184 e. The molecule has 2 aromatic rings. The van der Waals surface area contributed by atoms with Crippen molar-refractivity contribution in [2.24, 2.45) is 5.41 Å². The first-order valence-electron chi connectivity index (χ1n) is 7.20. The third-order valence-corrected chi connectivity index (χ3v) is 4.32. The van der Waals surface area contributed by atoms with Gasteiger partial charge in [0.05, 0.1) is 6.54 Å². The van der Waals surface area contributed by atoms with E-state index in [9.17, 15) is 0 Å². The van der Waals surface area contributed by atoms with Crippen LogP contribution in [0.4, 0.5) is 5.69 Å². The lowest BCUT2D eigenvalue weighted by Gasteiger charge is -2.23. The second-order valence-electron chi connectivity index (χ2n) is 6.27. The van der Waals surface area contributed by atoms with Crippen molar-refractivity contribution in [1.29, 1.82) is 0 Å². The van der Waals surface area contributed by atoms with Crippen molar-refractivity contribution in [2.75, 3.05) is 5.73 Å². The molecule has 1 aromatic heterocycles. The van der Waals surface area contributed by atoms with Gasteiger partial charge in [-0.05, 0) is 47.7 Å². The van der Waals surface area contributed by atoms with Crippen LogP contribution in [-0.2, 0) is 6.54 Å². The fourth-order valence-electron chi connectivity index (χ4n) is 3.12. The van der Waals surface area contributed by atoms with Crippen molar-refractivity contribution in [3.8, 4) is 11.4 Å². The van der Waals surface area contributed by atoms with Gasteiger partial charge in [0.2, 0.25) is 0 Å². The molecule has 5 heteroatoms. The molecule has 0 atom stereocenters. The highest BCUT2D eigenvalue weighted by Gasteiger charge is 2.30.